The highest BCUT2D eigenvalue weighted by Gasteiger charge is 2.20. The molecule has 0 aliphatic carbocycles. The molecule has 1 rings (SSSR count). The van der Waals surface area contributed by atoms with Crippen LogP contribution >= 0.6 is 0 Å². The average Bonchev–Trinajstić information content (AvgIpc) is 2.23. The van der Waals surface area contributed by atoms with E-state index in [9.17, 15) is 12.8 Å². The lowest BCUT2D eigenvalue weighted by Gasteiger charge is -2.09. The van der Waals surface area contributed by atoms with Crippen LogP contribution in [0.3, 0.4) is 0 Å². The summed E-state index contributed by atoms with van der Waals surface area (Å²) in [6, 6.07) is 2.47. The zero-order valence-electron chi connectivity index (χ0n) is 9.66. The summed E-state index contributed by atoms with van der Waals surface area (Å²) in [6.07, 6.45) is 0. The van der Waals surface area contributed by atoms with E-state index in [1.54, 1.807) is 0 Å². The molecule has 5 nitrogen and oxygen atoms in total. The van der Waals surface area contributed by atoms with Gasteiger partial charge in [0.25, 0.3) is 0 Å². The van der Waals surface area contributed by atoms with Gasteiger partial charge in [0, 0.05) is 19.3 Å². The maximum Gasteiger partial charge on any atom is 0.243 e. The number of benzene rings is 1. The van der Waals surface area contributed by atoms with Gasteiger partial charge in [-0.05, 0) is 24.6 Å². The number of nitrogen functional groups attached to an aromatic ring is 1. The van der Waals surface area contributed by atoms with E-state index in [0.29, 0.717) is 0 Å². The minimum Gasteiger partial charge on any atom is -0.399 e. The van der Waals surface area contributed by atoms with Gasteiger partial charge in [-0.15, -0.1) is 0 Å². The van der Waals surface area contributed by atoms with E-state index in [1.165, 1.54) is 20.1 Å². The third kappa shape index (κ3) is 3.39. The number of methoxy groups -OCH3 is 1. The van der Waals surface area contributed by atoms with E-state index in [2.05, 4.69) is 4.72 Å². The standard InChI is InChI=1S/C10H15FN2O3S/c1-7-5-8(12)6-9(10(7)11)17(14,15)13-3-4-16-2/h5-6,13H,3-4,12H2,1-2H3. The summed E-state index contributed by atoms with van der Waals surface area (Å²) in [5.74, 6) is -0.788. The molecule has 0 saturated carbocycles. The van der Waals surface area contributed by atoms with Crippen molar-refractivity contribution in [3.8, 4) is 0 Å². The molecule has 0 amide bonds. The fourth-order valence-electron chi connectivity index (χ4n) is 1.32. The van der Waals surface area contributed by atoms with E-state index in [-0.39, 0.29) is 24.4 Å². The van der Waals surface area contributed by atoms with Gasteiger partial charge < -0.3 is 10.5 Å². The lowest BCUT2D eigenvalue weighted by Crippen LogP contribution is -2.28. The summed E-state index contributed by atoms with van der Waals surface area (Å²) in [4.78, 5) is -0.439. The van der Waals surface area contributed by atoms with Crippen LogP contribution in [0.4, 0.5) is 10.1 Å². The molecule has 96 valence electrons. The Hall–Kier alpha value is -1.18. The van der Waals surface area contributed by atoms with Gasteiger partial charge in [-0.3, -0.25) is 0 Å². The normalized spacial score (nSPS) is 11.7. The molecule has 0 spiro atoms. The van der Waals surface area contributed by atoms with Crippen LogP contribution in [0, 0.1) is 12.7 Å². The molecule has 7 heteroatoms. The van der Waals surface area contributed by atoms with Crippen molar-refractivity contribution in [1.29, 1.82) is 0 Å². The van der Waals surface area contributed by atoms with Crippen molar-refractivity contribution in [3.63, 3.8) is 0 Å². The molecule has 0 unspecified atom stereocenters. The molecule has 0 atom stereocenters. The molecular formula is C10H15FN2O3S. The summed E-state index contributed by atoms with van der Waals surface area (Å²) < 4.78 is 44.1. The molecule has 0 aliphatic rings. The van der Waals surface area contributed by atoms with Gasteiger partial charge in [0.05, 0.1) is 6.61 Å². The molecule has 0 fully saturated rings. The molecule has 0 bridgehead atoms. The first-order chi connectivity index (χ1) is 7.88. The first-order valence-electron chi connectivity index (χ1n) is 4.92. The van der Waals surface area contributed by atoms with Gasteiger partial charge in [0.1, 0.15) is 10.7 Å². The van der Waals surface area contributed by atoms with Crippen molar-refractivity contribution in [3.05, 3.63) is 23.5 Å². The Morgan fingerprint density at radius 2 is 2.12 bits per heavy atom. The molecule has 1 aromatic rings. The Bertz CT molecular complexity index is 503. The second kappa shape index (κ2) is 5.44. The molecule has 0 radical (unpaired) electrons. The summed E-state index contributed by atoms with van der Waals surface area (Å²) >= 11 is 0. The number of nitrogens with two attached hydrogens (primary N) is 1. The number of ether oxygens (including phenoxy) is 1. The van der Waals surface area contributed by atoms with Gasteiger partial charge in [-0.2, -0.15) is 0 Å². The number of nitrogens with one attached hydrogen (secondary N) is 1. The minimum atomic E-state index is -3.89. The summed E-state index contributed by atoms with van der Waals surface area (Å²) in [7, 11) is -2.45. The average molecular weight is 262 g/mol. The lowest BCUT2D eigenvalue weighted by molar-refractivity contribution is 0.204. The fraction of sp³-hybridized carbons (Fsp3) is 0.400. The topological polar surface area (TPSA) is 81.4 Å². The predicted molar refractivity (Wildman–Crippen MR) is 62.6 cm³/mol. The fourth-order valence-corrected chi connectivity index (χ4v) is 2.51. The molecule has 0 saturated heterocycles. The number of hydrogen-bond acceptors (Lipinski definition) is 4. The molecule has 1 aromatic carbocycles. The molecular weight excluding hydrogens is 247 g/mol. The van der Waals surface area contributed by atoms with Crippen LogP contribution in [-0.2, 0) is 14.8 Å². The van der Waals surface area contributed by atoms with Crippen LogP contribution in [0.1, 0.15) is 5.56 Å². The maximum atomic E-state index is 13.7. The van der Waals surface area contributed by atoms with Gasteiger partial charge >= 0.3 is 0 Å². The largest absolute Gasteiger partial charge is 0.399 e. The van der Waals surface area contributed by atoms with Crippen LogP contribution in [-0.4, -0.2) is 28.7 Å². The van der Waals surface area contributed by atoms with E-state index < -0.39 is 20.7 Å². The van der Waals surface area contributed by atoms with Crippen molar-refractivity contribution in [2.75, 3.05) is 26.0 Å². The van der Waals surface area contributed by atoms with Crippen LogP contribution in [0.5, 0.6) is 0 Å². The molecule has 3 N–H and O–H groups in total. The third-order valence-corrected chi connectivity index (χ3v) is 3.59. The minimum absolute atomic E-state index is 0.0755. The van der Waals surface area contributed by atoms with E-state index in [1.807, 2.05) is 0 Å². The number of halogens is 1. The summed E-state index contributed by atoms with van der Waals surface area (Å²) in [5.41, 5.74) is 5.89. The summed E-state index contributed by atoms with van der Waals surface area (Å²) in [6.45, 7) is 1.74. The van der Waals surface area contributed by atoms with Crippen LogP contribution in [0.25, 0.3) is 0 Å². The second-order valence-corrected chi connectivity index (χ2v) is 5.28. The van der Waals surface area contributed by atoms with Crippen LogP contribution < -0.4 is 10.5 Å². The smallest absolute Gasteiger partial charge is 0.243 e. The first-order valence-corrected chi connectivity index (χ1v) is 6.41. The Balaban J connectivity index is 3.06. The van der Waals surface area contributed by atoms with Gasteiger partial charge in [0.2, 0.25) is 10.0 Å². The van der Waals surface area contributed by atoms with Crippen molar-refractivity contribution in [1.82, 2.24) is 4.72 Å². The Morgan fingerprint density at radius 1 is 1.47 bits per heavy atom. The number of sulfonamides is 1. The summed E-state index contributed by atoms with van der Waals surface area (Å²) in [5, 5.41) is 0. The van der Waals surface area contributed by atoms with Gasteiger partial charge in [-0.1, -0.05) is 0 Å². The van der Waals surface area contributed by atoms with Crippen molar-refractivity contribution in [2.45, 2.75) is 11.8 Å². The van der Waals surface area contributed by atoms with Gasteiger partial charge in [-0.25, -0.2) is 17.5 Å². The molecule has 0 heterocycles. The number of aryl methyl sites for hydroxylation is 1. The second-order valence-electron chi connectivity index (χ2n) is 3.54. The van der Waals surface area contributed by atoms with E-state index in [4.69, 9.17) is 10.5 Å². The lowest BCUT2D eigenvalue weighted by atomic mass is 10.2. The third-order valence-electron chi connectivity index (χ3n) is 2.13. The first kappa shape index (κ1) is 13.9. The highest BCUT2D eigenvalue weighted by atomic mass is 32.2. The Kier molecular flexibility index (Phi) is 4.44. The Morgan fingerprint density at radius 3 is 2.71 bits per heavy atom. The van der Waals surface area contributed by atoms with Crippen molar-refractivity contribution in [2.24, 2.45) is 0 Å². The number of anilines is 1. The quantitative estimate of drug-likeness (QED) is 0.602. The van der Waals surface area contributed by atoms with E-state index in [0.717, 1.165) is 6.07 Å². The number of hydrogen-bond donors (Lipinski definition) is 2. The number of rotatable bonds is 5. The predicted octanol–water partition coefficient (Wildman–Crippen LogP) is 0.641. The SMILES string of the molecule is COCCNS(=O)(=O)c1cc(N)cc(C)c1F. The highest BCUT2D eigenvalue weighted by Crippen LogP contribution is 2.21. The zero-order chi connectivity index (χ0) is 13.1. The molecule has 17 heavy (non-hydrogen) atoms. The molecule has 0 aromatic heterocycles. The van der Waals surface area contributed by atoms with Crippen LogP contribution in [0.15, 0.2) is 17.0 Å². The maximum absolute atomic E-state index is 13.7. The van der Waals surface area contributed by atoms with E-state index >= 15 is 0 Å². The zero-order valence-corrected chi connectivity index (χ0v) is 10.5. The van der Waals surface area contributed by atoms with Crippen molar-refractivity contribution >= 4 is 15.7 Å². The van der Waals surface area contributed by atoms with Gasteiger partial charge in [0.15, 0.2) is 0 Å². The highest BCUT2D eigenvalue weighted by molar-refractivity contribution is 7.89. The van der Waals surface area contributed by atoms with Crippen molar-refractivity contribution < 1.29 is 17.5 Å². The Labute approximate surface area is 99.8 Å². The molecule has 0 aliphatic heterocycles. The van der Waals surface area contributed by atoms with Crippen LogP contribution in [0.2, 0.25) is 0 Å². The monoisotopic (exact) mass is 262 g/mol.